The van der Waals surface area contributed by atoms with Crippen LogP contribution in [0.3, 0.4) is 0 Å². The highest BCUT2D eigenvalue weighted by molar-refractivity contribution is 5.87. The summed E-state index contributed by atoms with van der Waals surface area (Å²) in [7, 11) is 0. The largest absolute Gasteiger partial charge is 0.493 e. The van der Waals surface area contributed by atoms with Gasteiger partial charge in [0.1, 0.15) is 6.33 Å². The minimum absolute atomic E-state index is 0.0466. The fraction of sp³-hybridized carbons (Fsp3) is 0.227. The lowest BCUT2D eigenvalue weighted by atomic mass is 10.2. The number of rotatable bonds is 5. The monoisotopic (exact) mass is 430 g/mol. The van der Waals surface area contributed by atoms with Gasteiger partial charge in [0.15, 0.2) is 17.0 Å². The van der Waals surface area contributed by atoms with Crippen LogP contribution < -0.4 is 10.3 Å². The van der Waals surface area contributed by atoms with Crippen molar-refractivity contribution in [2.75, 3.05) is 36.6 Å². The Bertz CT molecular complexity index is 1260. The molecule has 0 amide bonds. The molecule has 4 aromatic rings. The first kappa shape index (κ1) is 19.9. The Kier molecular flexibility index (Phi) is 5.34. The van der Waals surface area contributed by atoms with Gasteiger partial charge in [-0.25, -0.2) is 9.97 Å². The second-order valence-electron chi connectivity index (χ2n) is 7.42. The van der Waals surface area contributed by atoms with Crippen molar-refractivity contribution in [1.82, 2.24) is 24.5 Å². The van der Waals surface area contributed by atoms with Crippen LogP contribution in [0.15, 0.2) is 54.0 Å². The third kappa shape index (κ3) is 4.08. The van der Waals surface area contributed by atoms with E-state index in [0.717, 1.165) is 16.8 Å². The predicted octanol–water partition coefficient (Wildman–Crippen LogP) is 2.51. The van der Waals surface area contributed by atoms with E-state index in [9.17, 15) is 5.11 Å². The number of imidazole rings is 1. The van der Waals surface area contributed by atoms with Crippen molar-refractivity contribution in [3.63, 3.8) is 0 Å². The number of fused-ring (bicyclic) bond motifs is 1. The van der Waals surface area contributed by atoms with Crippen LogP contribution in [0.25, 0.3) is 16.9 Å². The van der Waals surface area contributed by atoms with E-state index >= 15 is 0 Å². The first-order valence-corrected chi connectivity index (χ1v) is 10.3. The van der Waals surface area contributed by atoms with E-state index in [-0.39, 0.29) is 5.88 Å². The molecule has 3 aromatic heterocycles. The van der Waals surface area contributed by atoms with E-state index in [1.807, 2.05) is 35.8 Å². The van der Waals surface area contributed by atoms with Crippen LogP contribution in [0, 0.1) is 6.92 Å². The zero-order valence-electron chi connectivity index (χ0n) is 17.5. The number of nitrogens with zero attached hydrogens (tertiary/aromatic N) is 7. The second-order valence-corrected chi connectivity index (χ2v) is 7.42. The van der Waals surface area contributed by atoms with Crippen LogP contribution in [-0.4, -0.2) is 62.1 Å². The highest BCUT2D eigenvalue weighted by atomic mass is 16.5. The van der Waals surface area contributed by atoms with E-state index in [1.54, 1.807) is 24.8 Å². The summed E-state index contributed by atoms with van der Waals surface area (Å²) in [6.45, 7) is 4.69. The fourth-order valence-corrected chi connectivity index (χ4v) is 3.50. The van der Waals surface area contributed by atoms with Crippen molar-refractivity contribution in [2.45, 2.75) is 6.92 Å². The minimum atomic E-state index is -0.0466. The lowest BCUT2D eigenvalue weighted by molar-refractivity contribution is 0.122. The van der Waals surface area contributed by atoms with Crippen molar-refractivity contribution < 1.29 is 9.84 Å². The maximum Gasteiger partial charge on any atom is 0.229 e. The molecule has 0 atom stereocenters. The molecule has 0 aliphatic carbocycles. The Balaban J connectivity index is 1.55. The molecule has 2 N–H and O–H groups in total. The van der Waals surface area contributed by atoms with Gasteiger partial charge in [0.25, 0.3) is 0 Å². The summed E-state index contributed by atoms with van der Waals surface area (Å²) in [5, 5.41) is 13.9. The number of anilines is 2. The van der Waals surface area contributed by atoms with Gasteiger partial charge >= 0.3 is 0 Å². The number of ether oxygens (including phenoxy) is 1. The molecular formula is C22H22N8O2. The molecule has 1 fully saturated rings. The van der Waals surface area contributed by atoms with Crippen molar-refractivity contribution in [1.29, 1.82) is 0 Å². The molecule has 5 rings (SSSR count). The van der Waals surface area contributed by atoms with Crippen LogP contribution in [-0.2, 0) is 4.74 Å². The number of aromatic nitrogens is 5. The molecule has 1 saturated heterocycles. The van der Waals surface area contributed by atoms with Gasteiger partial charge in [0, 0.05) is 19.2 Å². The molecule has 32 heavy (non-hydrogen) atoms. The van der Waals surface area contributed by atoms with Gasteiger partial charge in [-0.3, -0.25) is 9.99 Å². The normalized spacial score (nSPS) is 14.3. The van der Waals surface area contributed by atoms with Crippen molar-refractivity contribution in [3.8, 4) is 11.6 Å². The van der Waals surface area contributed by atoms with Crippen LogP contribution in [0.1, 0.15) is 11.1 Å². The Morgan fingerprint density at radius 1 is 1.12 bits per heavy atom. The summed E-state index contributed by atoms with van der Waals surface area (Å²) in [6, 6.07) is 11.3. The van der Waals surface area contributed by atoms with Gasteiger partial charge < -0.3 is 14.7 Å². The average Bonchev–Trinajstić information content (AvgIpc) is 3.24. The van der Waals surface area contributed by atoms with Crippen LogP contribution in [0.5, 0.6) is 5.88 Å². The third-order valence-electron chi connectivity index (χ3n) is 5.11. The minimum Gasteiger partial charge on any atom is -0.493 e. The molecule has 1 aliphatic rings. The van der Waals surface area contributed by atoms with Gasteiger partial charge in [-0.2, -0.15) is 15.1 Å². The first-order chi connectivity index (χ1) is 15.7. The summed E-state index contributed by atoms with van der Waals surface area (Å²) < 4.78 is 7.27. The Morgan fingerprint density at radius 3 is 2.78 bits per heavy atom. The molecule has 0 radical (unpaired) electrons. The van der Waals surface area contributed by atoms with Gasteiger partial charge in [0.05, 0.1) is 31.3 Å². The fourth-order valence-electron chi connectivity index (χ4n) is 3.50. The van der Waals surface area contributed by atoms with E-state index in [1.165, 1.54) is 6.07 Å². The number of morpholine rings is 1. The summed E-state index contributed by atoms with van der Waals surface area (Å²) in [6.07, 6.45) is 4.97. The lowest BCUT2D eigenvalue weighted by Crippen LogP contribution is -2.37. The highest BCUT2D eigenvalue weighted by Crippen LogP contribution is 2.25. The molecule has 0 saturated carbocycles. The van der Waals surface area contributed by atoms with Crippen LogP contribution >= 0.6 is 0 Å². The number of pyridine rings is 1. The summed E-state index contributed by atoms with van der Waals surface area (Å²) >= 11 is 0. The molecule has 1 aliphatic heterocycles. The molecule has 1 aromatic carbocycles. The van der Waals surface area contributed by atoms with Crippen LogP contribution in [0.4, 0.5) is 11.8 Å². The number of hydrogen-bond acceptors (Lipinski definition) is 9. The maximum atomic E-state index is 9.53. The van der Waals surface area contributed by atoms with Crippen molar-refractivity contribution in [2.24, 2.45) is 5.10 Å². The summed E-state index contributed by atoms with van der Waals surface area (Å²) in [5.41, 5.74) is 7.10. The van der Waals surface area contributed by atoms with E-state index in [0.29, 0.717) is 49.2 Å². The highest BCUT2D eigenvalue weighted by Gasteiger charge is 2.19. The Hall–Kier alpha value is -4.05. The molecule has 10 heteroatoms. The van der Waals surface area contributed by atoms with Crippen molar-refractivity contribution in [3.05, 3.63) is 60.0 Å². The molecule has 0 unspecified atom stereocenters. The number of nitrogens with one attached hydrogen (secondary N) is 1. The Labute approximate surface area is 184 Å². The van der Waals surface area contributed by atoms with Gasteiger partial charge in [-0.15, -0.1) is 0 Å². The molecule has 4 heterocycles. The first-order valence-electron chi connectivity index (χ1n) is 10.3. The number of hydrazone groups is 1. The number of aryl methyl sites for hydroxylation is 1. The number of hydrogen-bond donors (Lipinski definition) is 2. The second kappa shape index (κ2) is 8.60. The summed E-state index contributed by atoms with van der Waals surface area (Å²) in [4.78, 5) is 20.0. The molecule has 10 nitrogen and oxygen atoms in total. The zero-order valence-corrected chi connectivity index (χ0v) is 17.5. The Morgan fingerprint density at radius 2 is 2.00 bits per heavy atom. The van der Waals surface area contributed by atoms with E-state index in [2.05, 4.69) is 25.4 Å². The number of aromatic hydroxyl groups is 1. The lowest BCUT2D eigenvalue weighted by Gasteiger charge is -2.27. The van der Waals surface area contributed by atoms with Gasteiger partial charge in [0.2, 0.25) is 11.8 Å². The SMILES string of the molecule is Cc1cccc(C=NNc2nc(N3CCOCC3)nc3c2ncn3-c2ccc(O)nc2)c1. The third-order valence-corrected chi connectivity index (χ3v) is 5.11. The molecule has 0 bridgehead atoms. The zero-order chi connectivity index (χ0) is 21.9. The average molecular weight is 430 g/mol. The van der Waals surface area contributed by atoms with E-state index < -0.39 is 0 Å². The maximum absolute atomic E-state index is 9.53. The smallest absolute Gasteiger partial charge is 0.229 e. The summed E-state index contributed by atoms with van der Waals surface area (Å²) in [5.74, 6) is 1.03. The number of benzene rings is 1. The molecule has 162 valence electrons. The van der Waals surface area contributed by atoms with Gasteiger partial charge in [-0.1, -0.05) is 29.8 Å². The topological polar surface area (TPSA) is 114 Å². The quantitative estimate of drug-likeness (QED) is 0.367. The molecular weight excluding hydrogens is 408 g/mol. The molecule has 0 spiro atoms. The van der Waals surface area contributed by atoms with E-state index in [4.69, 9.17) is 14.7 Å². The predicted molar refractivity (Wildman–Crippen MR) is 122 cm³/mol. The van der Waals surface area contributed by atoms with Crippen molar-refractivity contribution >= 4 is 29.1 Å². The van der Waals surface area contributed by atoms with Gasteiger partial charge in [-0.05, 0) is 18.6 Å². The standard InChI is InChI=1S/C22H22N8O2/c1-15-3-2-4-16(11-15)12-25-28-20-19-21(27-22(26-20)29-7-9-32-10-8-29)30(14-24-19)17-5-6-18(31)23-13-17/h2-6,11-14H,7-10H2,1H3,(H,23,31)(H,26,27,28). The van der Waals surface area contributed by atoms with Crippen LogP contribution in [0.2, 0.25) is 0 Å².